The zero-order valence-electron chi connectivity index (χ0n) is 22.0. The van der Waals surface area contributed by atoms with Crippen molar-refractivity contribution in [1.82, 2.24) is 4.90 Å². The second kappa shape index (κ2) is 11.5. The summed E-state index contributed by atoms with van der Waals surface area (Å²) in [5, 5.41) is 12.1. The molecule has 1 aliphatic carbocycles. The molecule has 1 aromatic carbocycles. The molecule has 4 atom stereocenters. The van der Waals surface area contributed by atoms with Gasteiger partial charge in [-0.1, -0.05) is 36.6 Å². The Morgan fingerprint density at radius 3 is 2.82 bits per heavy atom. The largest absolute Gasteiger partial charge is 0.504 e. The number of phenols is 1. The Labute approximate surface area is 241 Å². The molecule has 3 aliphatic rings. The molecule has 0 spiro atoms. The number of fused-ring (bicyclic) bond motifs is 3. The summed E-state index contributed by atoms with van der Waals surface area (Å²) in [6, 6.07) is 7.73. The number of thiophene rings is 1. The number of methoxy groups -OCH3 is 1. The van der Waals surface area contributed by atoms with E-state index in [9.17, 15) is 14.7 Å². The molecule has 38 heavy (non-hydrogen) atoms. The molecule has 6 nitrogen and oxygen atoms in total. The van der Waals surface area contributed by atoms with Crippen LogP contribution in [0, 0.1) is 21.3 Å². The standard InChI is InChI=1S/C30H34INO5S/c1-4-6-19-14-21-27(30(35)32(29(21)34)15-20-7-5-10-38-20)22-16-37-24(26(19)22)9-8-17(2)11-18-12-23(31)28(33)25(13-18)36-3/h5,7,10-13,21-22,24,27,33H,4,6,8-9,14-16H2,1-3H3/b17-11+/t21-,22+,24-,27-/m1/s1. The van der Waals surface area contributed by atoms with Gasteiger partial charge in [0.25, 0.3) is 0 Å². The minimum Gasteiger partial charge on any atom is -0.504 e. The number of imide groups is 1. The van der Waals surface area contributed by atoms with E-state index >= 15 is 0 Å². The SMILES string of the molecule is CCCC1=C2[C@@H](CC/C(C)=C/c3cc(I)c(O)c(OC)c3)OC[C@@H]2[C@@H]2C(=O)N(Cc3cccs3)C(=O)[C@@H]2C1. The van der Waals surface area contributed by atoms with Crippen molar-refractivity contribution < 1.29 is 24.2 Å². The Balaban J connectivity index is 1.33. The lowest BCUT2D eigenvalue weighted by atomic mass is 9.68. The lowest BCUT2D eigenvalue weighted by Crippen LogP contribution is -2.34. The van der Waals surface area contributed by atoms with Crippen LogP contribution in [0.4, 0.5) is 0 Å². The summed E-state index contributed by atoms with van der Waals surface area (Å²) in [4.78, 5) is 29.5. The van der Waals surface area contributed by atoms with Crippen molar-refractivity contribution in [2.45, 2.75) is 58.6 Å². The quantitative estimate of drug-likeness (QED) is 0.190. The minimum atomic E-state index is -0.300. The van der Waals surface area contributed by atoms with Gasteiger partial charge in [-0.3, -0.25) is 14.5 Å². The Morgan fingerprint density at radius 1 is 1.29 bits per heavy atom. The number of likely N-dealkylation sites (tertiary alicyclic amines) is 1. The maximum atomic E-state index is 13.6. The molecule has 1 N–H and O–H groups in total. The van der Waals surface area contributed by atoms with Gasteiger partial charge >= 0.3 is 0 Å². The molecule has 2 aliphatic heterocycles. The highest BCUT2D eigenvalue weighted by Crippen LogP contribution is 2.51. The van der Waals surface area contributed by atoms with Gasteiger partial charge < -0.3 is 14.6 Å². The third-order valence-corrected chi connectivity index (χ3v) is 9.71. The van der Waals surface area contributed by atoms with Crippen LogP contribution in [0.2, 0.25) is 0 Å². The topological polar surface area (TPSA) is 76.1 Å². The van der Waals surface area contributed by atoms with Crippen molar-refractivity contribution in [3.05, 3.63) is 60.4 Å². The summed E-state index contributed by atoms with van der Waals surface area (Å²) >= 11 is 3.69. The lowest BCUT2D eigenvalue weighted by molar-refractivity contribution is -0.140. The fraction of sp³-hybridized carbons (Fsp3) is 0.467. The predicted molar refractivity (Wildman–Crippen MR) is 157 cm³/mol. The number of amides is 2. The van der Waals surface area contributed by atoms with E-state index in [2.05, 4.69) is 42.5 Å². The number of hydrogen-bond donors (Lipinski definition) is 1. The molecule has 0 saturated carbocycles. The van der Waals surface area contributed by atoms with Gasteiger partial charge in [0.2, 0.25) is 11.8 Å². The Hall–Kier alpha value is -2.17. The summed E-state index contributed by atoms with van der Waals surface area (Å²) in [6.07, 6.45) is 6.43. The molecule has 2 amide bonds. The van der Waals surface area contributed by atoms with Crippen LogP contribution in [-0.4, -0.2) is 41.6 Å². The van der Waals surface area contributed by atoms with Crippen LogP contribution in [0.5, 0.6) is 11.5 Å². The van der Waals surface area contributed by atoms with Crippen LogP contribution in [0.1, 0.15) is 56.4 Å². The molecule has 0 radical (unpaired) electrons. The second-order valence-electron chi connectivity index (χ2n) is 10.5. The highest BCUT2D eigenvalue weighted by Gasteiger charge is 2.56. The van der Waals surface area contributed by atoms with E-state index in [1.165, 1.54) is 21.6 Å². The number of carbonyl (C=O) groups excluding carboxylic acids is 2. The predicted octanol–water partition coefficient (Wildman–Crippen LogP) is 6.57. The fourth-order valence-electron chi connectivity index (χ4n) is 6.34. The van der Waals surface area contributed by atoms with Gasteiger partial charge in [-0.15, -0.1) is 11.3 Å². The zero-order chi connectivity index (χ0) is 27.0. The van der Waals surface area contributed by atoms with Crippen LogP contribution >= 0.6 is 33.9 Å². The van der Waals surface area contributed by atoms with Gasteiger partial charge in [0, 0.05) is 10.8 Å². The van der Waals surface area contributed by atoms with Gasteiger partial charge in [-0.2, -0.15) is 0 Å². The number of ether oxygens (including phenoxy) is 2. The third-order valence-electron chi connectivity index (χ3n) is 8.03. The summed E-state index contributed by atoms with van der Waals surface area (Å²) in [7, 11) is 1.56. The number of allylic oxidation sites excluding steroid dienone is 2. The molecule has 3 heterocycles. The van der Waals surface area contributed by atoms with Crippen molar-refractivity contribution in [3.8, 4) is 11.5 Å². The molecule has 0 bridgehead atoms. The first-order chi connectivity index (χ1) is 18.3. The number of nitrogens with zero attached hydrogens (tertiary/aromatic N) is 1. The number of phenolic OH excluding ortho intramolecular Hbond substituents is 1. The van der Waals surface area contributed by atoms with Gasteiger partial charge in [0.05, 0.1) is 41.8 Å². The molecule has 1 aromatic heterocycles. The highest BCUT2D eigenvalue weighted by atomic mass is 127. The normalized spacial score (nSPS) is 25.3. The molecular formula is C30H34INO5S. The Kier molecular flexibility index (Phi) is 8.30. The number of benzene rings is 1. The molecule has 8 heteroatoms. The van der Waals surface area contributed by atoms with Crippen LogP contribution < -0.4 is 4.74 Å². The number of carbonyl (C=O) groups is 2. The van der Waals surface area contributed by atoms with Crippen LogP contribution in [0.25, 0.3) is 6.08 Å². The maximum absolute atomic E-state index is 13.6. The summed E-state index contributed by atoms with van der Waals surface area (Å²) in [5.41, 5.74) is 4.82. The van der Waals surface area contributed by atoms with E-state index in [0.717, 1.165) is 39.7 Å². The van der Waals surface area contributed by atoms with E-state index in [4.69, 9.17) is 9.47 Å². The van der Waals surface area contributed by atoms with Crippen molar-refractivity contribution in [3.63, 3.8) is 0 Å². The zero-order valence-corrected chi connectivity index (χ0v) is 25.0. The summed E-state index contributed by atoms with van der Waals surface area (Å²) in [6.45, 7) is 5.17. The van der Waals surface area contributed by atoms with E-state index in [1.54, 1.807) is 18.4 Å². The molecule has 2 saturated heterocycles. The first kappa shape index (κ1) is 27.4. The van der Waals surface area contributed by atoms with Gasteiger partial charge in [-0.05, 0) is 89.9 Å². The first-order valence-electron chi connectivity index (χ1n) is 13.3. The van der Waals surface area contributed by atoms with E-state index in [-0.39, 0.29) is 41.4 Å². The number of rotatable bonds is 9. The highest BCUT2D eigenvalue weighted by molar-refractivity contribution is 14.1. The molecule has 202 valence electrons. The van der Waals surface area contributed by atoms with Crippen molar-refractivity contribution in [2.24, 2.45) is 17.8 Å². The fourth-order valence-corrected chi connectivity index (χ4v) is 7.66. The first-order valence-corrected chi connectivity index (χ1v) is 15.2. The monoisotopic (exact) mass is 647 g/mol. The summed E-state index contributed by atoms with van der Waals surface area (Å²) < 4.78 is 12.4. The average Bonchev–Trinajstić information content (AvgIpc) is 3.62. The van der Waals surface area contributed by atoms with Crippen LogP contribution in [0.15, 0.2) is 46.4 Å². The van der Waals surface area contributed by atoms with Crippen LogP contribution in [-0.2, 0) is 20.9 Å². The molecule has 5 rings (SSSR count). The number of hydrogen-bond acceptors (Lipinski definition) is 6. The molecule has 2 aromatic rings. The Bertz CT molecular complexity index is 1280. The molecule has 0 unspecified atom stereocenters. The molecular weight excluding hydrogens is 613 g/mol. The molecule has 2 fully saturated rings. The minimum absolute atomic E-state index is 0.00249. The smallest absolute Gasteiger partial charge is 0.234 e. The Morgan fingerprint density at radius 2 is 2.11 bits per heavy atom. The van der Waals surface area contributed by atoms with Crippen molar-refractivity contribution in [2.75, 3.05) is 13.7 Å². The van der Waals surface area contributed by atoms with E-state index in [0.29, 0.717) is 25.3 Å². The van der Waals surface area contributed by atoms with Gasteiger partial charge in [-0.25, -0.2) is 0 Å². The number of aromatic hydroxyl groups is 1. The second-order valence-corrected chi connectivity index (χ2v) is 12.7. The van der Waals surface area contributed by atoms with E-state index in [1.807, 2.05) is 29.6 Å². The average molecular weight is 648 g/mol. The van der Waals surface area contributed by atoms with E-state index < -0.39 is 0 Å². The van der Waals surface area contributed by atoms with Crippen molar-refractivity contribution >= 4 is 51.8 Å². The van der Waals surface area contributed by atoms with Crippen LogP contribution in [0.3, 0.4) is 0 Å². The third kappa shape index (κ3) is 5.19. The van der Waals surface area contributed by atoms with Gasteiger partial charge in [0.15, 0.2) is 11.5 Å². The van der Waals surface area contributed by atoms with Crippen molar-refractivity contribution in [1.29, 1.82) is 0 Å². The van der Waals surface area contributed by atoms with Gasteiger partial charge in [0.1, 0.15) is 0 Å². The lowest BCUT2D eigenvalue weighted by Gasteiger charge is -2.32. The number of halogens is 1. The summed E-state index contributed by atoms with van der Waals surface area (Å²) in [5.74, 6) is 0.0308. The maximum Gasteiger partial charge on any atom is 0.234 e.